The molecule has 0 spiro atoms. The number of hydrogen-bond donors (Lipinski definition) is 0. The highest BCUT2D eigenvalue weighted by atomic mass is 32.1. The fourth-order valence-electron chi connectivity index (χ4n) is 1.45. The van der Waals surface area contributed by atoms with Crippen molar-refractivity contribution in [1.29, 1.82) is 0 Å². The molecule has 2 heterocycles. The molecular formula is C9H11NOS. The Labute approximate surface area is 75.8 Å². The van der Waals surface area contributed by atoms with E-state index in [0.29, 0.717) is 6.04 Å². The molecule has 0 aliphatic carbocycles. The summed E-state index contributed by atoms with van der Waals surface area (Å²) in [5.41, 5.74) is 1.19. The Morgan fingerprint density at radius 3 is 2.92 bits per heavy atom. The molecule has 0 atom stereocenters. The molecule has 0 fully saturated rings. The summed E-state index contributed by atoms with van der Waals surface area (Å²) in [7, 11) is 0. The Morgan fingerprint density at radius 2 is 2.33 bits per heavy atom. The van der Waals surface area contributed by atoms with Gasteiger partial charge in [0.1, 0.15) is 0 Å². The zero-order chi connectivity index (χ0) is 8.72. The van der Waals surface area contributed by atoms with Gasteiger partial charge in [-0.05, 0) is 30.9 Å². The van der Waals surface area contributed by atoms with Crippen LogP contribution in [-0.2, 0) is 6.54 Å². The molecular weight excluding hydrogens is 170 g/mol. The van der Waals surface area contributed by atoms with E-state index in [1.54, 1.807) is 11.3 Å². The molecule has 3 heteroatoms. The first-order chi connectivity index (χ1) is 5.70. The summed E-state index contributed by atoms with van der Waals surface area (Å²) in [6.45, 7) is 4.90. The average molecular weight is 181 g/mol. The van der Waals surface area contributed by atoms with Gasteiger partial charge in [-0.1, -0.05) is 0 Å². The van der Waals surface area contributed by atoms with Crippen LogP contribution in [0.25, 0.3) is 0 Å². The normalized spacial score (nSPS) is 15.9. The molecule has 2 nitrogen and oxygen atoms in total. The number of carbonyl (C=O) groups is 1. The number of thiophene rings is 1. The summed E-state index contributed by atoms with van der Waals surface area (Å²) in [5.74, 6) is 0.204. The van der Waals surface area contributed by atoms with Gasteiger partial charge in [0, 0.05) is 12.6 Å². The van der Waals surface area contributed by atoms with Crippen LogP contribution in [0.1, 0.15) is 29.1 Å². The quantitative estimate of drug-likeness (QED) is 0.649. The van der Waals surface area contributed by atoms with Crippen molar-refractivity contribution in [2.75, 3.05) is 0 Å². The van der Waals surface area contributed by atoms with Crippen molar-refractivity contribution in [1.82, 2.24) is 4.90 Å². The van der Waals surface area contributed by atoms with E-state index in [1.807, 2.05) is 16.3 Å². The first-order valence-electron chi connectivity index (χ1n) is 4.07. The average Bonchev–Trinajstić information content (AvgIpc) is 2.53. The lowest BCUT2D eigenvalue weighted by atomic mass is 10.3. The minimum absolute atomic E-state index is 0.204. The van der Waals surface area contributed by atoms with Gasteiger partial charge in [-0.25, -0.2) is 0 Å². The minimum Gasteiger partial charge on any atom is -0.331 e. The third-order valence-corrected chi connectivity index (χ3v) is 3.11. The lowest BCUT2D eigenvalue weighted by Gasteiger charge is -2.19. The van der Waals surface area contributed by atoms with Crippen LogP contribution >= 0.6 is 11.3 Å². The Hall–Kier alpha value is -0.830. The van der Waals surface area contributed by atoms with E-state index in [0.717, 1.165) is 11.4 Å². The fourth-order valence-corrected chi connectivity index (χ4v) is 2.32. The van der Waals surface area contributed by atoms with Gasteiger partial charge in [-0.15, -0.1) is 11.3 Å². The third kappa shape index (κ3) is 0.966. The van der Waals surface area contributed by atoms with Crippen molar-refractivity contribution < 1.29 is 4.79 Å². The monoisotopic (exact) mass is 181 g/mol. The van der Waals surface area contributed by atoms with Crippen molar-refractivity contribution in [3.63, 3.8) is 0 Å². The van der Waals surface area contributed by atoms with Gasteiger partial charge >= 0.3 is 0 Å². The van der Waals surface area contributed by atoms with Gasteiger partial charge in [-0.2, -0.15) is 0 Å². The van der Waals surface area contributed by atoms with Crippen molar-refractivity contribution in [2.45, 2.75) is 26.4 Å². The van der Waals surface area contributed by atoms with Crippen LogP contribution < -0.4 is 0 Å². The van der Waals surface area contributed by atoms with E-state index in [4.69, 9.17) is 0 Å². The first kappa shape index (κ1) is 7.80. The lowest BCUT2D eigenvalue weighted by molar-refractivity contribution is 0.0734. The number of hydrogen-bond acceptors (Lipinski definition) is 2. The van der Waals surface area contributed by atoms with E-state index >= 15 is 0 Å². The molecule has 1 aromatic heterocycles. The van der Waals surface area contributed by atoms with E-state index in [2.05, 4.69) is 13.8 Å². The maximum absolute atomic E-state index is 11.6. The van der Waals surface area contributed by atoms with Gasteiger partial charge in [0.05, 0.1) is 4.88 Å². The van der Waals surface area contributed by atoms with E-state index < -0.39 is 0 Å². The van der Waals surface area contributed by atoms with Crippen LogP contribution in [0, 0.1) is 0 Å². The predicted molar refractivity (Wildman–Crippen MR) is 49.3 cm³/mol. The van der Waals surface area contributed by atoms with Crippen molar-refractivity contribution in [3.8, 4) is 0 Å². The second kappa shape index (κ2) is 2.59. The molecule has 1 aromatic rings. The fraction of sp³-hybridized carbons (Fsp3) is 0.444. The Morgan fingerprint density at radius 1 is 1.58 bits per heavy atom. The largest absolute Gasteiger partial charge is 0.331 e. The molecule has 1 aliphatic rings. The van der Waals surface area contributed by atoms with Gasteiger partial charge in [0.15, 0.2) is 0 Å². The molecule has 2 rings (SSSR count). The molecule has 1 amide bonds. The second-order valence-electron chi connectivity index (χ2n) is 3.30. The summed E-state index contributed by atoms with van der Waals surface area (Å²) < 4.78 is 0. The highest BCUT2D eigenvalue weighted by molar-refractivity contribution is 7.12. The molecule has 1 aliphatic heterocycles. The summed E-state index contributed by atoms with van der Waals surface area (Å²) in [5, 5.41) is 1.99. The standard InChI is InChI=1S/C9H11NOS/c1-6(2)10-5-7-3-4-12-8(7)9(10)11/h3-4,6H,5H2,1-2H3. The minimum atomic E-state index is 0.204. The van der Waals surface area contributed by atoms with Crippen LogP contribution in [0.2, 0.25) is 0 Å². The molecule has 0 radical (unpaired) electrons. The van der Waals surface area contributed by atoms with Crippen molar-refractivity contribution in [2.24, 2.45) is 0 Å². The van der Waals surface area contributed by atoms with Gasteiger partial charge < -0.3 is 4.90 Å². The van der Waals surface area contributed by atoms with Gasteiger partial charge in [-0.3, -0.25) is 4.79 Å². The van der Waals surface area contributed by atoms with Crippen LogP contribution in [-0.4, -0.2) is 16.8 Å². The van der Waals surface area contributed by atoms with E-state index in [9.17, 15) is 4.79 Å². The molecule has 12 heavy (non-hydrogen) atoms. The highest BCUT2D eigenvalue weighted by Crippen LogP contribution is 2.28. The molecule has 0 bridgehead atoms. The molecule has 0 saturated carbocycles. The van der Waals surface area contributed by atoms with E-state index in [-0.39, 0.29) is 5.91 Å². The summed E-state index contributed by atoms with van der Waals surface area (Å²) in [6.07, 6.45) is 0. The zero-order valence-electron chi connectivity index (χ0n) is 7.20. The second-order valence-corrected chi connectivity index (χ2v) is 4.22. The van der Waals surface area contributed by atoms with Gasteiger partial charge in [0.25, 0.3) is 5.91 Å². The third-order valence-electron chi connectivity index (χ3n) is 2.17. The number of nitrogens with zero attached hydrogens (tertiary/aromatic N) is 1. The maximum atomic E-state index is 11.6. The van der Waals surface area contributed by atoms with Crippen molar-refractivity contribution >= 4 is 17.2 Å². The lowest BCUT2D eigenvalue weighted by Crippen LogP contribution is -2.30. The smallest absolute Gasteiger partial charge is 0.264 e. The number of fused-ring (bicyclic) bond motifs is 1. The number of rotatable bonds is 1. The molecule has 0 unspecified atom stereocenters. The summed E-state index contributed by atoms with van der Waals surface area (Å²) in [4.78, 5) is 14.5. The highest BCUT2D eigenvalue weighted by Gasteiger charge is 2.29. The SMILES string of the molecule is CC(C)N1Cc2ccsc2C1=O. The Kier molecular flexibility index (Phi) is 1.68. The van der Waals surface area contributed by atoms with Crippen LogP contribution in [0.4, 0.5) is 0 Å². The first-order valence-corrected chi connectivity index (χ1v) is 4.95. The van der Waals surface area contributed by atoms with E-state index in [1.165, 1.54) is 5.56 Å². The predicted octanol–water partition coefficient (Wildman–Crippen LogP) is 2.11. The molecule has 0 aromatic carbocycles. The molecule has 0 N–H and O–H groups in total. The maximum Gasteiger partial charge on any atom is 0.264 e. The zero-order valence-corrected chi connectivity index (χ0v) is 8.02. The number of carbonyl (C=O) groups excluding carboxylic acids is 1. The van der Waals surface area contributed by atoms with Crippen LogP contribution in [0.15, 0.2) is 11.4 Å². The Bertz CT molecular complexity index is 316. The number of amides is 1. The van der Waals surface area contributed by atoms with Crippen LogP contribution in [0.3, 0.4) is 0 Å². The van der Waals surface area contributed by atoms with Gasteiger partial charge in [0.2, 0.25) is 0 Å². The molecule has 0 saturated heterocycles. The van der Waals surface area contributed by atoms with Crippen LogP contribution in [0.5, 0.6) is 0 Å². The molecule has 64 valence electrons. The Balaban J connectivity index is 2.33. The van der Waals surface area contributed by atoms with Crippen molar-refractivity contribution in [3.05, 3.63) is 21.9 Å². The summed E-state index contributed by atoms with van der Waals surface area (Å²) >= 11 is 1.55. The topological polar surface area (TPSA) is 20.3 Å². The summed E-state index contributed by atoms with van der Waals surface area (Å²) in [6, 6.07) is 2.36.